The quantitative estimate of drug-likeness (QED) is 0.715. The van der Waals surface area contributed by atoms with Crippen LogP contribution < -0.4 is 0 Å². The average Bonchev–Trinajstić information content (AvgIpc) is 2.66. The van der Waals surface area contributed by atoms with Crippen LogP contribution in [0.2, 0.25) is 10.0 Å². The van der Waals surface area contributed by atoms with E-state index in [0.717, 1.165) is 36.2 Å². The lowest BCUT2D eigenvalue weighted by Crippen LogP contribution is -2.49. The molecule has 2 aromatic carbocycles. The van der Waals surface area contributed by atoms with Crippen LogP contribution >= 0.6 is 34.8 Å². The molecule has 3 rings (SSSR count). The van der Waals surface area contributed by atoms with Crippen molar-refractivity contribution in [3.8, 4) is 0 Å². The van der Waals surface area contributed by atoms with Crippen LogP contribution in [0.4, 0.5) is 0 Å². The third-order valence-electron chi connectivity index (χ3n) is 4.79. The molecule has 1 heterocycles. The zero-order valence-electron chi connectivity index (χ0n) is 14.5. The molecule has 1 atom stereocenters. The van der Waals surface area contributed by atoms with E-state index in [1.54, 1.807) is 0 Å². The van der Waals surface area contributed by atoms with Crippen LogP contribution in [0, 0.1) is 0 Å². The van der Waals surface area contributed by atoms with E-state index in [-0.39, 0.29) is 11.9 Å². The molecular weight excluding hydrogens is 391 g/mol. The second-order valence-electron chi connectivity index (χ2n) is 6.65. The maximum atomic E-state index is 9.78. The van der Waals surface area contributed by atoms with Gasteiger partial charge in [0.2, 0.25) is 0 Å². The summed E-state index contributed by atoms with van der Waals surface area (Å²) < 4.78 is 0. The van der Waals surface area contributed by atoms with Gasteiger partial charge in [-0.05, 0) is 35.4 Å². The first-order chi connectivity index (χ1) is 12.6. The number of nitrogens with zero attached hydrogens (tertiary/aromatic N) is 2. The summed E-state index contributed by atoms with van der Waals surface area (Å²) in [7, 11) is 0. The molecule has 1 aliphatic heterocycles. The monoisotopic (exact) mass is 412 g/mol. The van der Waals surface area contributed by atoms with Gasteiger partial charge in [-0.2, -0.15) is 0 Å². The van der Waals surface area contributed by atoms with Gasteiger partial charge < -0.3 is 5.11 Å². The standard InChI is InChI=1S/C20H23Cl3N2O/c21-13-19(26)14-24-9-11-25(12-10-24)20(15-1-5-17(22)6-2-15)16-3-7-18(23)8-4-16/h1-8,19-20,26H,9-14H2. The van der Waals surface area contributed by atoms with Crippen LogP contribution in [0.1, 0.15) is 17.2 Å². The molecule has 140 valence electrons. The van der Waals surface area contributed by atoms with Crippen LogP contribution in [0.5, 0.6) is 0 Å². The number of hydrogen-bond donors (Lipinski definition) is 1. The lowest BCUT2D eigenvalue weighted by Gasteiger charge is -2.40. The number of benzene rings is 2. The molecule has 0 aliphatic carbocycles. The molecule has 1 aliphatic rings. The first-order valence-electron chi connectivity index (χ1n) is 8.78. The molecule has 1 fully saturated rings. The van der Waals surface area contributed by atoms with E-state index in [1.807, 2.05) is 24.3 Å². The van der Waals surface area contributed by atoms with Gasteiger partial charge in [-0.25, -0.2) is 0 Å². The number of β-amino-alcohol motifs (C(OH)–C–C–N with tert-alkyl or cyclic N) is 1. The van der Waals surface area contributed by atoms with E-state index in [1.165, 1.54) is 11.1 Å². The summed E-state index contributed by atoms with van der Waals surface area (Å²) in [6.07, 6.45) is -0.466. The maximum Gasteiger partial charge on any atom is 0.0802 e. The number of hydrogen-bond acceptors (Lipinski definition) is 3. The molecular formula is C20H23Cl3N2O. The van der Waals surface area contributed by atoms with Crippen LogP contribution in [0.3, 0.4) is 0 Å². The molecule has 1 N–H and O–H groups in total. The molecule has 2 aromatic rings. The average molecular weight is 414 g/mol. The Balaban J connectivity index is 1.78. The third kappa shape index (κ3) is 5.13. The smallest absolute Gasteiger partial charge is 0.0802 e. The summed E-state index contributed by atoms with van der Waals surface area (Å²) >= 11 is 17.9. The minimum Gasteiger partial charge on any atom is -0.391 e. The summed E-state index contributed by atoms with van der Waals surface area (Å²) in [6.45, 7) is 4.29. The fourth-order valence-corrected chi connectivity index (χ4v) is 3.80. The van der Waals surface area contributed by atoms with E-state index in [2.05, 4.69) is 34.1 Å². The summed E-state index contributed by atoms with van der Waals surface area (Å²) in [4.78, 5) is 4.74. The van der Waals surface area contributed by atoms with Gasteiger partial charge in [-0.1, -0.05) is 47.5 Å². The van der Waals surface area contributed by atoms with E-state index in [4.69, 9.17) is 34.8 Å². The zero-order valence-corrected chi connectivity index (χ0v) is 16.8. The van der Waals surface area contributed by atoms with Crippen LogP contribution in [-0.2, 0) is 0 Å². The fraction of sp³-hybridized carbons (Fsp3) is 0.400. The highest BCUT2D eigenvalue weighted by atomic mass is 35.5. The van der Waals surface area contributed by atoms with E-state index >= 15 is 0 Å². The van der Waals surface area contributed by atoms with Crippen molar-refractivity contribution in [3.05, 3.63) is 69.7 Å². The van der Waals surface area contributed by atoms with E-state index < -0.39 is 6.10 Å². The first kappa shape index (κ1) is 19.9. The van der Waals surface area contributed by atoms with Crippen LogP contribution in [-0.4, -0.2) is 59.6 Å². The largest absolute Gasteiger partial charge is 0.391 e. The van der Waals surface area contributed by atoms with Gasteiger partial charge in [-0.15, -0.1) is 11.6 Å². The van der Waals surface area contributed by atoms with Crippen molar-refractivity contribution in [3.63, 3.8) is 0 Å². The molecule has 0 spiro atoms. The van der Waals surface area contributed by atoms with Gasteiger partial charge in [0.15, 0.2) is 0 Å². The summed E-state index contributed by atoms with van der Waals surface area (Å²) in [5.74, 6) is 0.276. The molecule has 0 amide bonds. The zero-order chi connectivity index (χ0) is 18.5. The summed E-state index contributed by atoms with van der Waals surface area (Å²) in [5.41, 5.74) is 2.43. The van der Waals surface area contributed by atoms with Crippen molar-refractivity contribution >= 4 is 34.8 Å². The Morgan fingerprint density at radius 1 is 0.808 bits per heavy atom. The summed E-state index contributed by atoms with van der Waals surface area (Å²) in [5, 5.41) is 11.3. The first-order valence-corrected chi connectivity index (χ1v) is 10.1. The minimum absolute atomic E-state index is 0.157. The maximum absolute atomic E-state index is 9.78. The third-order valence-corrected chi connectivity index (χ3v) is 5.65. The number of aliphatic hydroxyl groups excluding tert-OH is 1. The Labute approximate surface area is 170 Å². The second kappa shape index (κ2) is 9.41. The highest BCUT2D eigenvalue weighted by Gasteiger charge is 2.27. The highest BCUT2D eigenvalue weighted by Crippen LogP contribution is 2.31. The molecule has 0 bridgehead atoms. The highest BCUT2D eigenvalue weighted by molar-refractivity contribution is 6.30. The molecule has 1 saturated heterocycles. The van der Waals surface area contributed by atoms with Gasteiger partial charge >= 0.3 is 0 Å². The Morgan fingerprint density at radius 3 is 1.69 bits per heavy atom. The Morgan fingerprint density at radius 2 is 1.27 bits per heavy atom. The molecule has 0 saturated carbocycles. The van der Waals surface area contributed by atoms with Gasteiger partial charge in [0.05, 0.1) is 12.1 Å². The second-order valence-corrected chi connectivity index (χ2v) is 7.83. The number of piperazine rings is 1. The van der Waals surface area contributed by atoms with Gasteiger partial charge in [0.25, 0.3) is 0 Å². The van der Waals surface area contributed by atoms with E-state index in [9.17, 15) is 5.11 Å². The predicted molar refractivity (Wildman–Crippen MR) is 109 cm³/mol. The van der Waals surface area contributed by atoms with Crippen LogP contribution in [0.25, 0.3) is 0 Å². The van der Waals surface area contributed by atoms with Crippen molar-refractivity contribution in [2.45, 2.75) is 12.1 Å². The molecule has 3 nitrogen and oxygen atoms in total. The Kier molecular flexibility index (Phi) is 7.21. The van der Waals surface area contributed by atoms with E-state index in [0.29, 0.717) is 6.54 Å². The molecule has 26 heavy (non-hydrogen) atoms. The lowest BCUT2D eigenvalue weighted by atomic mass is 9.96. The Bertz CT molecular complexity index is 640. The summed E-state index contributed by atoms with van der Waals surface area (Å²) in [6, 6.07) is 16.3. The SMILES string of the molecule is OC(CCl)CN1CCN(C(c2ccc(Cl)cc2)c2ccc(Cl)cc2)CC1. The van der Waals surface area contributed by atoms with Crippen LogP contribution in [0.15, 0.2) is 48.5 Å². The molecule has 0 radical (unpaired) electrons. The molecule has 1 unspecified atom stereocenters. The predicted octanol–water partition coefficient (Wildman–Crippen LogP) is 4.30. The van der Waals surface area contributed by atoms with Crippen molar-refractivity contribution in [1.29, 1.82) is 0 Å². The normalized spacial score (nSPS) is 17.6. The molecule has 0 aromatic heterocycles. The lowest BCUT2D eigenvalue weighted by molar-refractivity contribution is 0.0704. The number of aliphatic hydroxyl groups is 1. The van der Waals surface area contributed by atoms with Crippen molar-refractivity contribution in [2.24, 2.45) is 0 Å². The van der Waals surface area contributed by atoms with Crippen molar-refractivity contribution < 1.29 is 5.11 Å². The van der Waals surface area contributed by atoms with Crippen molar-refractivity contribution in [1.82, 2.24) is 9.80 Å². The topological polar surface area (TPSA) is 26.7 Å². The van der Waals surface area contributed by atoms with Gasteiger partial charge in [-0.3, -0.25) is 9.80 Å². The number of alkyl halides is 1. The Hall–Kier alpha value is -0.810. The fourth-order valence-electron chi connectivity index (χ4n) is 3.46. The minimum atomic E-state index is -0.466. The number of halogens is 3. The van der Waals surface area contributed by atoms with Crippen molar-refractivity contribution in [2.75, 3.05) is 38.6 Å². The van der Waals surface area contributed by atoms with Gasteiger partial charge in [0.1, 0.15) is 0 Å². The number of rotatable bonds is 6. The van der Waals surface area contributed by atoms with Gasteiger partial charge in [0, 0.05) is 48.6 Å². The molecule has 6 heteroatoms.